The highest BCUT2D eigenvalue weighted by molar-refractivity contribution is 6.02. The predicted molar refractivity (Wildman–Crippen MR) is 98.9 cm³/mol. The van der Waals surface area contributed by atoms with Crippen LogP contribution in [-0.2, 0) is 20.7 Å². The molecule has 2 aliphatic heterocycles. The first kappa shape index (κ1) is 17.6. The largest absolute Gasteiger partial charge is 0.497 e. The topological polar surface area (TPSA) is 48.0 Å². The van der Waals surface area contributed by atoms with E-state index in [0.29, 0.717) is 25.6 Å². The molecule has 1 saturated heterocycles. The lowest BCUT2D eigenvalue weighted by Gasteiger charge is -2.31. The molecule has 1 aliphatic carbocycles. The summed E-state index contributed by atoms with van der Waals surface area (Å²) in [5.74, 6) is 0.671. The van der Waals surface area contributed by atoms with E-state index in [2.05, 4.69) is 12.1 Å². The van der Waals surface area contributed by atoms with E-state index in [0.717, 1.165) is 37.1 Å². The Morgan fingerprint density at radius 1 is 1.27 bits per heavy atom. The Morgan fingerprint density at radius 2 is 2.04 bits per heavy atom. The number of allylic oxidation sites excluding steroid dienone is 1. The summed E-state index contributed by atoms with van der Waals surface area (Å²) in [5.41, 5.74) is 4.51. The molecule has 0 bridgehead atoms. The Morgan fingerprint density at radius 3 is 2.77 bits per heavy atom. The molecule has 3 aliphatic rings. The Balaban J connectivity index is 1.84. The molecule has 1 aromatic rings. The number of aryl methyl sites for hydroxylation is 1. The number of methoxy groups -OCH3 is 1. The Hall–Kier alpha value is -1.85. The molecule has 4 rings (SSSR count). The zero-order valence-electron chi connectivity index (χ0n) is 15.8. The first-order chi connectivity index (χ1) is 12.5. The molecule has 0 radical (unpaired) electrons. The van der Waals surface area contributed by atoms with Gasteiger partial charge >= 0.3 is 0 Å². The molecule has 0 saturated carbocycles. The fourth-order valence-corrected chi connectivity index (χ4v) is 4.51. The smallest absolute Gasteiger partial charge is 0.250 e. The van der Waals surface area contributed by atoms with E-state index in [1.807, 2.05) is 24.9 Å². The second kappa shape index (κ2) is 6.71. The minimum absolute atomic E-state index is 0.103. The molecule has 140 valence electrons. The molecule has 0 aromatic heterocycles. The van der Waals surface area contributed by atoms with Crippen LogP contribution >= 0.6 is 0 Å². The van der Waals surface area contributed by atoms with Crippen molar-refractivity contribution in [2.24, 2.45) is 5.92 Å². The summed E-state index contributed by atoms with van der Waals surface area (Å²) < 4.78 is 17.0. The zero-order chi connectivity index (χ0) is 18.3. The first-order valence-corrected chi connectivity index (χ1v) is 9.44. The molecule has 1 amide bonds. The highest BCUT2D eigenvalue weighted by atomic mass is 16.7. The molecule has 0 spiro atoms. The van der Waals surface area contributed by atoms with Crippen LogP contribution in [0.25, 0.3) is 5.57 Å². The number of fused-ring (bicyclic) bond motifs is 3. The van der Waals surface area contributed by atoms with Crippen LogP contribution in [0.2, 0.25) is 0 Å². The number of rotatable bonds is 3. The van der Waals surface area contributed by atoms with E-state index in [4.69, 9.17) is 14.2 Å². The van der Waals surface area contributed by atoms with Gasteiger partial charge in [-0.15, -0.1) is 0 Å². The summed E-state index contributed by atoms with van der Waals surface area (Å²) in [6, 6.07) is 6.22. The molecule has 5 heteroatoms. The second-order valence-electron chi connectivity index (χ2n) is 7.67. The van der Waals surface area contributed by atoms with Crippen molar-refractivity contribution < 1.29 is 19.0 Å². The van der Waals surface area contributed by atoms with Crippen molar-refractivity contribution in [3.8, 4) is 5.75 Å². The molecular weight excluding hydrogens is 330 g/mol. The van der Waals surface area contributed by atoms with Gasteiger partial charge < -0.3 is 19.1 Å². The van der Waals surface area contributed by atoms with E-state index in [1.54, 1.807) is 7.11 Å². The van der Waals surface area contributed by atoms with E-state index in [-0.39, 0.29) is 5.91 Å². The van der Waals surface area contributed by atoms with E-state index in [1.165, 1.54) is 16.7 Å². The van der Waals surface area contributed by atoms with Crippen molar-refractivity contribution in [3.05, 3.63) is 34.9 Å². The Kier molecular flexibility index (Phi) is 4.53. The monoisotopic (exact) mass is 357 g/mol. The maximum atomic E-state index is 13.2. The van der Waals surface area contributed by atoms with Gasteiger partial charge in [0, 0.05) is 25.6 Å². The molecule has 2 heterocycles. The standard InChI is InChI=1S/C21H27NO4/c1-21(25-10-11-26-21)13-18-19-14(8-9-22(2)20(18)23)4-5-15-12-16(24-3)6-7-17(15)19/h6-7,12,14H,4-5,8-11,13H2,1-3H3. The number of likely N-dealkylation sites (N-methyl/N-ethyl adjacent to an activating group) is 1. The Bertz CT molecular complexity index is 748. The molecule has 1 fully saturated rings. The minimum atomic E-state index is -0.711. The van der Waals surface area contributed by atoms with Crippen LogP contribution in [0.4, 0.5) is 0 Å². The summed E-state index contributed by atoms with van der Waals surface area (Å²) in [7, 11) is 3.59. The first-order valence-electron chi connectivity index (χ1n) is 9.44. The summed E-state index contributed by atoms with van der Waals surface area (Å²) in [4.78, 5) is 15.0. The molecule has 26 heavy (non-hydrogen) atoms. The number of nitrogens with zero attached hydrogens (tertiary/aromatic N) is 1. The highest BCUT2D eigenvalue weighted by Gasteiger charge is 2.39. The summed E-state index contributed by atoms with van der Waals surface area (Å²) >= 11 is 0. The molecule has 1 unspecified atom stereocenters. The SMILES string of the molecule is COc1ccc2c(c1)CCC1CCN(C)C(=O)C(CC3(C)OCCO3)=C21. The Labute approximate surface area is 154 Å². The molecular formula is C21H27NO4. The number of carbonyl (C=O) groups is 1. The van der Waals surface area contributed by atoms with Crippen LogP contribution < -0.4 is 4.74 Å². The van der Waals surface area contributed by atoms with Crippen LogP contribution in [0.3, 0.4) is 0 Å². The molecule has 1 atom stereocenters. The lowest BCUT2D eigenvalue weighted by Crippen LogP contribution is -2.33. The normalized spacial score (nSPS) is 25.0. The number of carbonyl (C=O) groups excluding carboxylic acids is 1. The van der Waals surface area contributed by atoms with Crippen molar-refractivity contribution in [3.63, 3.8) is 0 Å². The van der Waals surface area contributed by atoms with Gasteiger partial charge in [-0.3, -0.25) is 4.79 Å². The van der Waals surface area contributed by atoms with Crippen LogP contribution in [0.5, 0.6) is 5.75 Å². The summed E-state index contributed by atoms with van der Waals surface area (Å²) in [5, 5.41) is 0. The van der Waals surface area contributed by atoms with Gasteiger partial charge in [0.2, 0.25) is 5.91 Å². The number of ether oxygens (including phenoxy) is 3. The van der Waals surface area contributed by atoms with Gasteiger partial charge in [0.25, 0.3) is 0 Å². The van der Waals surface area contributed by atoms with Crippen LogP contribution in [0.1, 0.15) is 37.3 Å². The van der Waals surface area contributed by atoms with Crippen molar-refractivity contribution in [2.75, 3.05) is 33.9 Å². The van der Waals surface area contributed by atoms with Crippen LogP contribution in [0, 0.1) is 5.92 Å². The van der Waals surface area contributed by atoms with Crippen molar-refractivity contribution >= 4 is 11.5 Å². The third-order valence-corrected chi connectivity index (χ3v) is 5.91. The van der Waals surface area contributed by atoms with Gasteiger partial charge in [-0.05, 0) is 60.9 Å². The quantitative estimate of drug-likeness (QED) is 0.834. The van der Waals surface area contributed by atoms with Crippen molar-refractivity contribution in [1.29, 1.82) is 0 Å². The van der Waals surface area contributed by atoms with Crippen molar-refractivity contribution in [1.82, 2.24) is 4.90 Å². The van der Waals surface area contributed by atoms with Gasteiger partial charge in [-0.1, -0.05) is 6.07 Å². The lowest BCUT2D eigenvalue weighted by atomic mass is 9.75. The van der Waals surface area contributed by atoms with Crippen molar-refractivity contribution in [2.45, 2.75) is 38.4 Å². The van der Waals surface area contributed by atoms with Crippen LogP contribution in [0.15, 0.2) is 23.8 Å². The third kappa shape index (κ3) is 3.03. The second-order valence-corrected chi connectivity index (χ2v) is 7.67. The van der Waals surface area contributed by atoms with Gasteiger partial charge in [0.15, 0.2) is 5.79 Å². The lowest BCUT2D eigenvalue weighted by molar-refractivity contribution is -0.145. The molecule has 5 nitrogen and oxygen atoms in total. The van der Waals surface area contributed by atoms with E-state index >= 15 is 0 Å². The fourth-order valence-electron chi connectivity index (χ4n) is 4.51. The highest BCUT2D eigenvalue weighted by Crippen LogP contribution is 2.44. The number of amides is 1. The van der Waals surface area contributed by atoms with Gasteiger partial charge in [0.1, 0.15) is 5.75 Å². The van der Waals surface area contributed by atoms with E-state index in [9.17, 15) is 4.79 Å². The van der Waals surface area contributed by atoms with Gasteiger partial charge in [-0.25, -0.2) is 0 Å². The average Bonchev–Trinajstić information content (AvgIpc) is 3.04. The summed E-state index contributed by atoms with van der Waals surface area (Å²) in [6.07, 6.45) is 3.59. The van der Waals surface area contributed by atoms with Gasteiger partial charge in [0.05, 0.1) is 20.3 Å². The molecule has 1 aromatic carbocycles. The van der Waals surface area contributed by atoms with Crippen LogP contribution in [-0.4, -0.2) is 50.5 Å². The fraction of sp³-hybridized carbons (Fsp3) is 0.571. The maximum absolute atomic E-state index is 13.2. The minimum Gasteiger partial charge on any atom is -0.497 e. The molecule has 0 N–H and O–H groups in total. The average molecular weight is 357 g/mol. The predicted octanol–water partition coefficient (Wildman–Crippen LogP) is 3.03. The number of benzene rings is 1. The van der Waals surface area contributed by atoms with Gasteiger partial charge in [-0.2, -0.15) is 0 Å². The third-order valence-electron chi connectivity index (χ3n) is 5.91. The summed E-state index contributed by atoms with van der Waals surface area (Å²) in [6.45, 7) is 3.90. The zero-order valence-corrected chi connectivity index (χ0v) is 15.8. The van der Waals surface area contributed by atoms with E-state index < -0.39 is 5.79 Å². The number of hydrogen-bond donors (Lipinski definition) is 0. The number of hydrogen-bond acceptors (Lipinski definition) is 4. The maximum Gasteiger partial charge on any atom is 0.250 e.